The Kier molecular flexibility index (Phi) is 6.49. The van der Waals surface area contributed by atoms with Gasteiger partial charge in [-0.2, -0.15) is 0 Å². The Bertz CT molecular complexity index is 910. The summed E-state index contributed by atoms with van der Waals surface area (Å²) in [4.78, 5) is 15.1. The number of carbonyl (C=O) groups is 1. The molecule has 0 saturated carbocycles. The molecule has 3 aromatic rings. The van der Waals surface area contributed by atoms with Crippen LogP contribution in [0.1, 0.15) is 20.8 Å². The van der Waals surface area contributed by atoms with E-state index in [-0.39, 0.29) is 12.4 Å². The van der Waals surface area contributed by atoms with Crippen LogP contribution >= 0.6 is 0 Å². The van der Waals surface area contributed by atoms with Gasteiger partial charge in [-0.1, -0.05) is 36.4 Å². The van der Waals surface area contributed by atoms with Crippen molar-refractivity contribution in [1.29, 1.82) is 0 Å². The van der Waals surface area contributed by atoms with Crippen LogP contribution in [0.3, 0.4) is 0 Å². The SMILES string of the molecule is CC(C)(C)OC(=O)COc1cc(O)cc([S+](c2ccccc2)c2ccccc2)c1. The van der Waals surface area contributed by atoms with Gasteiger partial charge < -0.3 is 14.6 Å². The molecule has 0 radical (unpaired) electrons. The Morgan fingerprint density at radius 3 is 1.93 bits per heavy atom. The second-order valence-electron chi connectivity index (χ2n) is 7.47. The minimum absolute atomic E-state index is 0.0889. The number of aromatic hydroxyl groups is 1. The lowest BCUT2D eigenvalue weighted by Crippen LogP contribution is -2.27. The quantitative estimate of drug-likeness (QED) is 0.449. The summed E-state index contributed by atoms with van der Waals surface area (Å²) in [6.45, 7) is 5.21. The summed E-state index contributed by atoms with van der Waals surface area (Å²) < 4.78 is 10.9. The van der Waals surface area contributed by atoms with Crippen LogP contribution in [-0.4, -0.2) is 23.3 Å². The molecule has 4 nitrogen and oxygen atoms in total. The first-order valence-electron chi connectivity index (χ1n) is 9.35. The Hall–Kier alpha value is -2.92. The Morgan fingerprint density at radius 1 is 0.862 bits per heavy atom. The van der Waals surface area contributed by atoms with E-state index in [9.17, 15) is 9.90 Å². The highest BCUT2D eigenvalue weighted by Crippen LogP contribution is 2.35. The van der Waals surface area contributed by atoms with E-state index in [1.165, 1.54) is 6.07 Å². The molecule has 0 fully saturated rings. The fourth-order valence-electron chi connectivity index (χ4n) is 2.79. The van der Waals surface area contributed by atoms with Crippen molar-refractivity contribution in [2.24, 2.45) is 0 Å². The Balaban J connectivity index is 1.90. The number of phenols is 1. The standard InChI is InChI=1S/C24H24O4S/c1-24(2,3)28-23(26)17-27-19-14-18(25)15-22(16-19)29(20-10-6-4-7-11-20)21-12-8-5-9-13-21/h4-16H,17H2,1-3H3/p+1. The zero-order valence-electron chi connectivity index (χ0n) is 16.8. The minimum atomic E-state index is -0.572. The summed E-state index contributed by atoms with van der Waals surface area (Å²) in [5, 5.41) is 10.3. The average molecular weight is 410 g/mol. The van der Waals surface area contributed by atoms with E-state index in [1.807, 2.05) is 63.2 Å². The Labute approximate surface area is 174 Å². The predicted molar refractivity (Wildman–Crippen MR) is 114 cm³/mol. The van der Waals surface area contributed by atoms with E-state index in [1.54, 1.807) is 6.07 Å². The highest BCUT2D eigenvalue weighted by atomic mass is 32.2. The van der Waals surface area contributed by atoms with Crippen molar-refractivity contribution >= 4 is 16.9 Å². The van der Waals surface area contributed by atoms with Crippen molar-refractivity contribution in [2.75, 3.05) is 6.61 Å². The van der Waals surface area contributed by atoms with Gasteiger partial charge in [0.1, 0.15) is 17.1 Å². The highest BCUT2D eigenvalue weighted by Gasteiger charge is 2.29. The third kappa shape index (κ3) is 6.03. The van der Waals surface area contributed by atoms with Gasteiger partial charge in [0.05, 0.1) is 10.9 Å². The predicted octanol–water partition coefficient (Wildman–Crippen LogP) is 5.21. The smallest absolute Gasteiger partial charge is 0.344 e. The van der Waals surface area contributed by atoms with E-state index in [4.69, 9.17) is 9.47 Å². The van der Waals surface area contributed by atoms with Gasteiger partial charge >= 0.3 is 5.97 Å². The molecule has 0 heterocycles. The summed E-state index contributed by atoms with van der Waals surface area (Å²) >= 11 is 0. The van der Waals surface area contributed by atoms with E-state index in [0.717, 1.165) is 14.7 Å². The number of benzene rings is 3. The molecule has 0 aliphatic carbocycles. The molecule has 29 heavy (non-hydrogen) atoms. The normalized spacial score (nSPS) is 11.3. The van der Waals surface area contributed by atoms with Crippen LogP contribution in [0.15, 0.2) is 93.5 Å². The summed E-state index contributed by atoms with van der Waals surface area (Å²) in [6.07, 6.45) is 0. The number of carbonyl (C=O) groups excluding carboxylic acids is 1. The number of rotatable bonds is 6. The number of hydrogen-bond donors (Lipinski definition) is 1. The van der Waals surface area contributed by atoms with Crippen LogP contribution < -0.4 is 4.74 Å². The molecule has 0 amide bonds. The first kappa shape index (κ1) is 20.8. The van der Waals surface area contributed by atoms with Gasteiger partial charge in [0.25, 0.3) is 0 Å². The van der Waals surface area contributed by atoms with Crippen LogP contribution in [0.2, 0.25) is 0 Å². The minimum Gasteiger partial charge on any atom is -0.508 e. The van der Waals surface area contributed by atoms with Gasteiger partial charge in [-0.25, -0.2) is 4.79 Å². The summed E-state index contributed by atoms with van der Waals surface area (Å²) in [7, 11) is -0.422. The van der Waals surface area contributed by atoms with Crippen LogP contribution in [-0.2, 0) is 20.4 Å². The van der Waals surface area contributed by atoms with Crippen molar-refractivity contribution < 1.29 is 19.4 Å². The summed E-state index contributed by atoms with van der Waals surface area (Å²) in [5.41, 5.74) is -0.572. The molecule has 0 spiro atoms. The van der Waals surface area contributed by atoms with Crippen LogP contribution in [0.4, 0.5) is 0 Å². The second kappa shape index (κ2) is 9.05. The van der Waals surface area contributed by atoms with Gasteiger partial charge in [-0.05, 0) is 45.0 Å². The molecule has 1 N–H and O–H groups in total. The highest BCUT2D eigenvalue weighted by molar-refractivity contribution is 7.97. The number of esters is 1. The third-order valence-electron chi connectivity index (χ3n) is 3.84. The number of ether oxygens (including phenoxy) is 2. The number of hydrogen-bond acceptors (Lipinski definition) is 4. The first-order valence-corrected chi connectivity index (χ1v) is 10.6. The van der Waals surface area contributed by atoms with Crippen molar-refractivity contribution in [3.05, 3.63) is 78.9 Å². The Morgan fingerprint density at radius 2 is 1.41 bits per heavy atom. The summed E-state index contributed by atoms with van der Waals surface area (Å²) in [6, 6.07) is 25.4. The molecule has 3 rings (SSSR count). The van der Waals surface area contributed by atoms with Crippen LogP contribution in [0, 0.1) is 0 Å². The molecule has 5 heteroatoms. The molecule has 0 saturated heterocycles. The number of phenolic OH excluding ortho intramolecular Hbond substituents is 1. The zero-order valence-corrected chi connectivity index (χ0v) is 17.6. The molecule has 0 aliphatic rings. The lowest BCUT2D eigenvalue weighted by molar-refractivity contribution is -0.157. The topological polar surface area (TPSA) is 55.8 Å². The van der Waals surface area contributed by atoms with Crippen molar-refractivity contribution in [3.63, 3.8) is 0 Å². The lowest BCUT2D eigenvalue weighted by Gasteiger charge is -2.19. The maximum absolute atomic E-state index is 12.0. The van der Waals surface area contributed by atoms with E-state index < -0.39 is 22.5 Å². The van der Waals surface area contributed by atoms with Gasteiger partial charge in [-0.15, -0.1) is 0 Å². The fourth-order valence-corrected chi connectivity index (χ4v) is 4.94. The van der Waals surface area contributed by atoms with Crippen molar-refractivity contribution in [2.45, 2.75) is 41.1 Å². The third-order valence-corrected chi connectivity index (χ3v) is 6.03. The molecule has 3 aromatic carbocycles. The molecular formula is C24H25O4S+. The van der Waals surface area contributed by atoms with Crippen LogP contribution in [0.25, 0.3) is 0 Å². The maximum atomic E-state index is 12.0. The van der Waals surface area contributed by atoms with Gasteiger partial charge in [-0.3, -0.25) is 0 Å². The van der Waals surface area contributed by atoms with E-state index >= 15 is 0 Å². The van der Waals surface area contributed by atoms with E-state index in [0.29, 0.717) is 5.75 Å². The van der Waals surface area contributed by atoms with Crippen molar-refractivity contribution in [1.82, 2.24) is 0 Å². The zero-order chi connectivity index (χ0) is 20.9. The molecule has 150 valence electrons. The average Bonchev–Trinajstić information content (AvgIpc) is 2.67. The summed E-state index contributed by atoms with van der Waals surface area (Å²) in [5.74, 6) is 0.0637. The monoisotopic (exact) mass is 409 g/mol. The largest absolute Gasteiger partial charge is 0.508 e. The van der Waals surface area contributed by atoms with Gasteiger partial charge in [0, 0.05) is 18.2 Å². The molecule has 0 bridgehead atoms. The van der Waals surface area contributed by atoms with Gasteiger partial charge in [0.15, 0.2) is 21.3 Å². The molecule has 0 atom stereocenters. The first-order chi connectivity index (χ1) is 13.8. The fraction of sp³-hybridized carbons (Fsp3) is 0.208. The van der Waals surface area contributed by atoms with E-state index in [2.05, 4.69) is 24.3 Å². The van der Waals surface area contributed by atoms with Gasteiger partial charge in [0.2, 0.25) is 0 Å². The molecule has 0 aromatic heterocycles. The van der Waals surface area contributed by atoms with Crippen LogP contribution in [0.5, 0.6) is 11.5 Å². The molecule has 0 aliphatic heterocycles. The van der Waals surface area contributed by atoms with Crippen molar-refractivity contribution in [3.8, 4) is 11.5 Å². The molecule has 0 unspecified atom stereocenters. The maximum Gasteiger partial charge on any atom is 0.344 e. The lowest BCUT2D eigenvalue weighted by atomic mass is 10.2. The second-order valence-corrected chi connectivity index (χ2v) is 9.50. The molecular weight excluding hydrogens is 384 g/mol.